The summed E-state index contributed by atoms with van der Waals surface area (Å²) < 4.78 is 7.39. The number of hydrogen-bond donors (Lipinski definition) is 1. The van der Waals surface area contributed by atoms with Crippen molar-refractivity contribution in [2.75, 3.05) is 6.61 Å². The van der Waals surface area contributed by atoms with Crippen LogP contribution in [-0.2, 0) is 6.54 Å². The Hall–Kier alpha value is -3.59. The Morgan fingerprint density at radius 3 is 2.78 bits per heavy atom. The summed E-state index contributed by atoms with van der Waals surface area (Å²) >= 11 is 0. The van der Waals surface area contributed by atoms with Crippen molar-refractivity contribution in [2.24, 2.45) is 5.10 Å². The molecule has 0 unspecified atom stereocenters. The topological polar surface area (TPSA) is 79.4 Å². The molecular formula is C21H20N4O2. The quantitative estimate of drug-likeness (QED) is 0.515. The second kappa shape index (κ2) is 8.68. The summed E-state index contributed by atoms with van der Waals surface area (Å²) in [5.41, 5.74) is 4.97. The maximum Gasteiger partial charge on any atom is 0.271 e. The van der Waals surface area contributed by atoms with Crippen molar-refractivity contribution >= 4 is 23.0 Å². The van der Waals surface area contributed by atoms with Crippen molar-refractivity contribution in [1.82, 2.24) is 9.99 Å². The van der Waals surface area contributed by atoms with E-state index in [1.165, 1.54) is 0 Å². The van der Waals surface area contributed by atoms with Gasteiger partial charge in [0.05, 0.1) is 25.3 Å². The number of nitrogens with zero attached hydrogens (tertiary/aromatic N) is 3. The Morgan fingerprint density at radius 2 is 2.04 bits per heavy atom. The summed E-state index contributed by atoms with van der Waals surface area (Å²) in [5, 5.41) is 13.9. The number of hydrazone groups is 1. The van der Waals surface area contributed by atoms with E-state index in [2.05, 4.69) is 16.6 Å². The number of carbonyl (C=O) groups excluding carboxylic acids is 1. The zero-order valence-electron chi connectivity index (χ0n) is 15.1. The van der Waals surface area contributed by atoms with Crippen LogP contribution in [0.1, 0.15) is 29.3 Å². The Labute approximate surface area is 157 Å². The number of nitrogens with one attached hydrogen (secondary N) is 1. The van der Waals surface area contributed by atoms with E-state index in [0.717, 1.165) is 22.2 Å². The third-order valence-electron chi connectivity index (χ3n) is 4.08. The van der Waals surface area contributed by atoms with Crippen molar-refractivity contribution in [3.8, 4) is 11.8 Å². The average molecular weight is 360 g/mol. The van der Waals surface area contributed by atoms with Gasteiger partial charge in [-0.2, -0.15) is 10.4 Å². The van der Waals surface area contributed by atoms with Crippen LogP contribution in [0.15, 0.2) is 59.8 Å². The lowest BCUT2D eigenvalue weighted by Crippen LogP contribution is -2.17. The SMILES string of the molecule is CCOc1ccc(C(=O)N/N=C\c2cn(CCC#N)c3ccccc23)cc1. The van der Waals surface area contributed by atoms with Crippen molar-refractivity contribution in [3.63, 3.8) is 0 Å². The predicted molar refractivity (Wildman–Crippen MR) is 105 cm³/mol. The van der Waals surface area contributed by atoms with Gasteiger partial charge in [-0.15, -0.1) is 0 Å². The van der Waals surface area contributed by atoms with Gasteiger partial charge in [0.1, 0.15) is 5.75 Å². The monoisotopic (exact) mass is 360 g/mol. The summed E-state index contributed by atoms with van der Waals surface area (Å²) in [7, 11) is 0. The number of hydrogen-bond acceptors (Lipinski definition) is 4. The second-order valence-electron chi connectivity index (χ2n) is 5.86. The first-order valence-corrected chi connectivity index (χ1v) is 8.74. The highest BCUT2D eigenvalue weighted by Gasteiger charge is 2.07. The fourth-order valence-corrected chi connectivity index (χ4v) is 2.83. The predicted octanol–water partition coefficient (Wildman–Crippen LogP) is 3.72. The Bertz CT molecular complexity index is 997. The number of aromatic nitrogens is 1. The molecule has 0 aliphatic carbocycles. The molecule has 0 bridgehead atoms. The van der Waals surface area contributed by atoms with E-state index in [-0.39, 0.29) is 5.91 Å². The molecule has 0 saturated carbocycles. The molecule has 0 aliphatic rings. The molecule has 6 heteroatoms. The molecule has 2 aromatic carbocycles. The third-order valence-corrected chi connectivity index (χ3v) is 4.08. The zero-order chi connectivity index (χ0) is 19.1. The second-order valence-corrected chi connectivity index (χ2v) is 5.86. The molecule has 1 N–H and O–H groups in total. The number of benzene rings is 2. The van der Waals surface area contributed by atoms with Gasteiger partial charge in [-0.05, 0) is 37.3 Å². The molecule has 1 amide bonds. The fourth-order valence-electron chi connectivity index (χ4n) is 2.83. The zero-order valence-corrected chi connectivity index (χ0v) is 15.1. The van der Waals surface area contributed by atoms with Crippen LogP contribution in [-0.4, -0.2) is 23.3 Å². The lowest BCUT2D eigenvalue weighted by atomic mass is 10.2. The fraction of sp³-hybridized carbons (Fsp3) is 0.190. The highest BCUT2D eigenvalue weighted by molar-refractivity contribution is 6.00. The summed E-state index contributed by atoms with van der Waals surface area (Å²) in [6.45, 7) is 3.10. The van der Waals surface area contributed by atoms with E-state index in [1.807, 2.05) is 42.0 Å². The summed E-state index contributed by atoms with van der Waals surface area (Å²) in [6.07, 6.45) is 4.00. The van der Waals surface area contributed by atoms with Gasteiger partial charge in [-0.25, -0.2) is 5.43 Å². The minimum atomic E-state index is -0.289. The van der Waals surface area contributed by atoms with E-state index in [0.29, 0.717) is 25.1 Å². The molecule has 0 aliphatic heterocycles. The maximum atomic E-state index is 12.2. The lowest BCUT2D eigenvalue weighted by molar-refractivity contribution is 0.0955. The van der Waals surface area contributed by atoms with Crippen molar-refractivity contribution in [2.45, 2.75) is 19.9 Å². The maximum absolute atomic E-state index is 12.2. The molecule has 0 spiro atoms. The van der Waals surface area contributed by atoms with E-state index in [4.69, 9.17) is 10.00 Å². The molecule has 3 aromatic rings. The van der Waals surface area contributed by atoms with Crippen LogP contribution < -0.4 is 10.2 Å². The highest BCUT2D eigenvalue weighted by Crippen LogP contribution is 2.20. The number of aryl methyl sites for hydroxylation is 1. The number of para-hydroxylation sites is 1. The van der Waals surface area contributed by atoms with Gasteiger partial charge in [0.2, 0.25) is 0 Å². The molecule has 0 fully saturated rings. The highest BCUT2D eigenvalue weighted by atomic mass is 16.5. The number of carbonyl (C=O) groups is 1. The summed E-state index contributed by atoms with van der Waals surface area (Å²) in [5.74, 6) is 0.435. The summed E-state index contributed by atoms with van der Waals surface area (Å²) in [4.78, 5) is 12.2. The van der Waals surface area contributed by atoms with Gasteiger partial charge in [-0.1, -0.05) is 18.2 Å². The molecule has 0 radical (unpaired) electrons. The molecule has 1 heterocycles. The molecule has 0 atom stereocenters. The third kappa shape index (κ3) is 4.33. The van der Waals surface area contributed by atoms with E-state index < -0.39 is 0 Å². The largest absolute Gasteiger partial charge is 0.494 e. The molecular weight excluding hydrogens is 340 g/mol. The van der Waals surface area contributed by atoms with Crippen LogP contribution in [0.5, 0.6) is 5.75 Å². The first-order chi connectivity index (χ1) is 13.2. The molecule has 136 valence electrons. The van der Waals surface area contributed by atoms with Gasteiger partial charge >= 0.3 is 0 Å². The standard InChI is InChI=1S/C21H20N4O2/c1-2-27-18-10-8-16(9-11-18)21(26)24-23-14-17-15-25(13-5-12-22)20-7-4-3-6-19(17)20/h3-4,6-11,14-15H,2,5,13H2,1H3,(H,24,26)/b23-14-. The van der Waals surface area contributed by atoms with Gasteiger partial charge in [0.25, 0.3) is 5.91 Å². The van der Waals surface area contributed by atoms with Crippen molar-refractivity contribution < 1.29 is 9.53 Å². The number of nitriles is 1. The van der Waals surface area contributed by atoms with Crippen molar-refractivity contribution in [3.05, 3.63) is 65.9 Å². The number of rotatable bonds is 7. The molecule has 27 heavy (non-hydrogen) atoms. The molecule has 1 aromatic heterocycles. The molecule has 3 rings (SSSR count). The Kier molecular flexibility index (Phi) is 5.85. The lowest BCUT2D eigenvalue weighted by Gasteiger charge is -2.03. The smallest absolute Gasteiger partial charge is 0.271 e. The molecule has 0 saturated heterocycles. The van der Waals surface area contributed by atoms with Crippen LogP contribution in [0.25, 0.3) is 10.9 Å². The Morgan fingerprint density at radius 1 is 1.26 bits per heavy atom. The van der Waals surface area contributed by atoms with Gasteiger partial charge in [0.15, 0.2) is 0 Å². The first-order valence-electron chi connectivity index (χ1n) is 8.74. The van der Waals surface area contributed by atoms with Gasteiger partial charge in [-0.3, -0.25) is 4.79 Å². The van der Waals surface area contributed by atoms with Gasteiger partial charge < -0.3 is 9.30 Å². The van der Waals surface area contributed by atoms with Crippen LogP contribution in [0.2, 0.25) is 0 Å². The number of ether oxygens (including phenoxy) is 1. The average Bonchev–Trinajstić information content (AvgIpc) is 3.05. The van der Waals surface area contributed by atoms with E-state index in [1.54, 1.807) is 30.5 Å². The van der Waals surface area contributed by atoms with Crippen molar-refractivity contribution in [1.29, 1.82) is 5.26 Å². The first kappa shape index (κ1) is 18.2. The summed E-state index contributed by atoms with van der Waals surface area (Å²) in [6, 6.07) is 17.0. The van der Waals surface area contributed by atoms with Crippen LogP contribution in [0.3, 0.4) is 0 Å². The normalized spacial score (nSPS) is 10.8. The van der Waals surface area contributed by atoms with E-state index >= 15 is 0 Å². The van der Waals surface area contributed by atoms with Crippen LogP contribution in [0, 0.1) is 11.3 Å². The number of amides is 1. The minimum absolute atomic E-state index is 0.289. The van der Waals surface area contributed by atoms with Crippen LogP contribution >= 0.6 is 0 Å². The van der Waals surface area contributed by atoms with Gasteiger partial charge in [0, 0.05) is 34.8 Å². The Balaban J connectivity index is 1.72. The molecule has 6 nitrogen and oxygen atoms in total. The minimum Gasteiger partial charge on any atom is -0.494 e. The van der Waals surface area contributed by atoms with E-state index in [9.17, 15) is 4.79 Å². The number of fused-ring (bicyclic) bond motifs is 1. The van der Waals surface area contributed by atoms with Crippen LogP contribution in [0.4, 0.5) is 0 Å².